The van der Waals surface area contributed by atoms with Crippen LogP contribution >= 0.6 is 22.9 Å². The van der Waals surface area contributed by atoms with E-state index in [0.717, 1.165) is 27.0 Å². The fourth-order valence-corrected chi connectivity index (χ4v) is 3.85. The number of nitrogens with zero attached hydrogens (tertiary/aromatic N) is 2. The summed E-state index contributed by atoms with van der Waals surface area (Å²) in [5.41, 5.74) is 9.40. The van der Waals surface area contributed by atoms with Crippen LogP contribution in [0.15, 0.2) is 60.9 Å². The molecule has 5 nitrogen and oxygen atoms in total. The number of fused-ring (bicyclic) bond motifs is 1. The molecule has 0 aliphatic rings. The van der Waals surface area contributed by atoms with Gasteiger partial charge in [0.2, 0.25) is 0 Å². The average Bonchev–Trinajstić information content (AvgIpc) is 3.04. The van der Waals surface area contributed by atoms with E-state index in [1.54, 1.807) is 24.5 Å². The van der Waals surface area contributed by atoms with Gasteiger partial charge in [-0.2, -0.15) is 0 Å². The molecule has 0 aliphatic carbocycles. The number of pyridine rings is 2. The highest BCUT2D eigenvalue weighted by Crippen LogP contribution is 2.34. The second kappa shape index (κ2) is 7.34. The van der Waals surface area contributed by atoms with E-state index in [1.165, 1.54) is 11.3 Å². The first-order valence-corrected chi connectivity index (χ1v) is 9.43. The molecular formula is C20H15ClN4OS. The Kier molecular flexibility index (Phi) is 4.75. The molecule has 0 bridgehead atoms. The third-order valence-corrected chi connectivity index (χ3v) is 5.51. The number of carbonyl (C=O) groups excluding carboxylic acids is 1. The molecule has 0 saturated carbocycles. The zero-order valence-corrected chi connectivity index (χ0v) is 15.7. The molecule has 0 atom stereocenters. The number of amides is 1. The smallest absolute Gasteiger partial charge is 0.263 e. The molecular weight excluding hydrogens is 380 g/mol. The lowest BCUT2D eigenvalue weighted by molar-refractivity contribution is 0.0956. The van der Waals surface area contributed by atoms with Gasteiger partial charge in [0, 0.05) is 34.9 Å². The lowest BCUT2D eigenvalue weighted by Gasteiger charge is -2.04. The minimum absolute atomic E-state index is 0.212. The first kappa shape index (κ1) is 17.5. The first-order chi connectivity index (χ1) is 13.1. The number of aromatic nitrogens is 2. The van der Waals surface area contributed by atoms with E-state index in [1.807, 2.05) is 36.4 Å². The highest BCUT2D eigenvalue weighted by atomic mass is 35.5. The number of rotatable bonds is 4. The summed E-state index contributed by atoms with van der Waals surface area (Å²) in [4.78, 5) is 22.5. The van der Waals surface area contributed by atoms with Gasteiger partial charge in [-0.3, -0.25) is 9.78 Å². The second-order valence-corrected chi connectivity index (χ2v) is 7.37. The van der Waals surface area contributed by atoms with E-state index >= 15 is 0 Å². The van der Waals surface area contributed by atoms with Gasteiger partial charge in [-0.15, -0.1) is 11.3 Å². The number of nitrogen functional groups attached to an aromatic ring is 1. The molecule has 134 valence electrons. The molecule has 0 radical (unpaired) electrons. The summed E-state index contributed by atoms with van der Waals surface area (Å²) in [6.07, 6.45) is 3.44. The van der Waals surface area contributed by atoms with Gasteiger partial charge in [0.15, 0.2) is 0 Å². The Hall–Kier alpha value is -2.96. The van der Waals surface area contributed by atoms with Crippen molar-refractivity contribution >= 4 is 44.7 Å². The van der Waals surface area contributed by atoms with E-state index in [2.05, 4.69) is 15.3 Å². The standard InChI is InChI=1S/C20H15ClN4OS/c21-14-3-1-12(2-4-14)11-24-19(26)18-17(22)15-5-6-16(25-20(15)27-18)13-7-9-23-10-8-13/h1-10H,11,22H2,(H,24,26). The highest BCUT2D eigenvalue weighted by molar-refractivity contribution is 7.21. The summed E-state index contributed by atoms with van der Waals surface area (Å²) < 4.78 is 0. The molecule has 3 heterocycles. The van der Waals surface area contributed by atoms with Crippen molar-refractivity contribution in [3.8, 4) is 11.3 Å². The topological polar surface area (TPSA) is 80.9 Å². The van der Waals surface area contributed by atoms with Gasteiger partial charge < -0.3 is 11.1 Å². The Balaban J connectivity index is 1.59. The minimum atomic E-state index is -0.212. The molecule has 0 saturated heterocycles. The summed E-state index contributed by atoms with van der Waals surface area (Å²) in [5.74, 6) is -0.212. The number of hydrogen-bond donors (Lipinski definition) is 2. The van der Waals surface area contributed by atoms with Crippen molar-refractivity contribution in [2.75, 3.05) is 5.73 Å². The predicted octanol–water partition coefficient (Wildman–Crippen LogP) is 4.52. The number of carbonyl (C=O) groups is 1. The Labute approximate surface area is 164 Å². The van der Waals surface area contributed by atoms with Crippen molar-refractivity contribution < 1.29 is 4.79 Å². The van der Waals surface area contributed by atoms with Crippen LogP contribution in [0.1, 0.15) is 15.2 Å². The highest BCUT2D eigenvalue weighted by Gasteiger charge is 2.17. The predicted molar refractivity (Wildman–Crippen MR) is 110 cm³/mol. The van der Waals surface area contributed by atoms with Gasteiger partial charge in [-0.1, -0.05) is 23.7 Å². The number of nitrogens with two attached hydrogens (primary N) is 1. The third-order valence-electron chi connectivity index (χ3n) is 4.14. The molecule has 4 rings (SSSR count). The molecule has 0 aliphatic heterocycles. The van der Waals surface area contributed by atoms with Gasteiger partial charge in [0.05, 0.1) is 11.4 Å². The van der Waals surface area contributed by atoms with E-state index in [-0.39, 0.29) is 5.91 Å². The number of benzene rings is 1. The molecule has 1 aromatic carbocycles. The number of anilines is 1. The van der Waals surface area contributed by atoms with Crippen LogP contribution in [0.25, 0.3) is 21.5 Å². The third kappa shape index (κ3) is 3.63. The monoisotopic (exact) mass is 394 g/mol. The Morgan fingerprint density at radius 2 is 1.81 bits per heavy atom. The van der Waals surface area contributed by atoms with Crippen LogP contribution in [-0.4, -0.2) is 15.9 Å². The van der Waals surface area contributed by atoms with Crippen molar-refractivity contribution in [2.45, 2.75) is 6.54 Å². The Morgan fingerprint density at radius 1 is 1.07 bits per heavy atom. The molecule has 1 amide bonds. The summed E-state index contributed by atoms with van der Waals surface area (Å²) in [6, 6.07) is 14.9. The normalized spacial score (nSPS) is 10.9. The largest absolute Gasteiger partial charge is 0.397 e. The fourth-order valence-electron chi connectivity index (χ4n) is 2.71. The molecule has 7 heteroatoms. The summed E-state index contributed by atoms with van der Waals surface area (Å²) in [6.45, 7) is 0.402. The molecule has 0 spiro atoms. The van der Waals surface area contributed by atoms with Crippen LogP contribution in [0.3, 0.4) is 0 Å². The van der Waals surface area contributed by atoms with Crippen LogP contribution in [-0.2, 0) is 6.54 Å². The number of nitrogens with one attached hydrogen (secondary N) is 1. The lowest BCUT2D eigenvalue weighted by Crippen LogP contribution is -2.22. The molecule has 3 N–H and O–H groups in total. The van der Waals surface area contributed by atoms with Crippen molar-refractivity contribution in [1.82, 2.24) is 15.3 Å². The molecule has 27 heavy (non-hydrogen) atoms. The lowest BCUT2D eigenvalue weighted by atomic mass is 10.1. The van der Waals surface area contributed by atoms with E-state index in [4.69, 9.17) is 17.3 Å². The molecule has 3 aromatic heterocycles. The maximum Gasteiger partial charge on any atom is 0.263 e. The molecule has 0 fully saturated rings. The zero-order valence-electron chi connectivity index (χ0n) is 14.1. The van der Waals surface area contributed by atoms with E-state index in [0.29, 0.717) is 22.1 Å². The van der Waals surface area contributed by atoms with Crippen LogP contribution < -0.4 is 11.1 Å². The molecule has 4 aromatic rings. The van der Waals surface area contributed by atoms with Crippen LogP contribution in [0.5, 0.6) is 0 Å². The fraction of sp³-hybridized carbons (Fsp3) is 0.0500. The first-order valence-electron chi connectivity index (χ1n) is 8.24. The van der Waals surface area contributed by atoms with Gasteiger partial charge in [0.25, 0.3) is 5.91 Å². The number of halogens is 1. The van der Waals surface area contributed by atoms with Crippen molar-refractivity contribution in [1.29, 1.82) is 0 Å². The second-order valence-electron chi connectivity index (χ2n) is 5.94. The maximum atomic E-state index is 12.6. The quantitative estimate of drug-likeness (QED) is 0.533. The van der Waals surface area contributed by atoms with Gasteiger partial charge in [0.1, 0.15) is 9.71 Å². The Bertz CT molecular complexity index is 1110. The van der Waals surface area contributed by atoms with E-state index < -0.39 is 0 Å². The van der Waals surface area contributed by atoms with Gasteiger partial charge in [-0.25, -0.2) is 4.98 Å². The van der Waals surface area contributed by atoms with Crippen molar-refractivity contribution in [3.05, 3.63) is 76.4 Å². The average molecular weight is 395 g/mol. The Morgan fingerprint density at radius 3 is 2.56 bits per heavy atom. The van der Waals surface area contributed by atoms with Crippen LogP contribution in [0.4, 0.5) is 5.69 Å². The van der Waals surface area contributed by atoms with Crippen molar-refractivity contribution in [3.63, 3.8) is 0 Å². The van der Waals surface area contributed by atoms with Crippen LogP contribution in [0.2, 0.25) is 5.02 Å². The summed E-state index contributed by atoms with van der Waals surface area (Å²) in [7, 11) is 0. The summed E-state index contributed by atoms with van der Waals surface area (Å²) >= 11 is 7.17. The maximum absolute atomic E-state index is 12.6. The van der Waals surface area contributed by atoms with Crippen LogP contribution in [0, 0.1) is 0 Å². The van der Waals surface area contributed by atoms with Gasteiger partial charge in [-0.05, 0) is 42.0 Å². The van der Waals surface area contributed by atoms with Crippen molar-refractivity contribution in [2.24, 2.45) is 0 Å². The summed E-state index contributed by atoms with van der Waals surface area (Å²) in [5, 5.41) is 4.34. The number of hydrogen-bond acceptors (Lipinski definition) is 5. The zero-order chi connectivity index (χ0) is 18.8. The SMILES string of the molecule is Nc1c(C(=O)NCc2ccc(Cl)cc2)sc2nc(-c3ccncc3)ccc12. The minimum Gasteiger partial charge on any atom is -0.397 e. The molecule has 0 unspecified atom stereocenters. The number of thiophene rings is 1. The van der Waals surface area contributed by atoms with Gasteiger partial charge >= 0.3 is 0 Å². The van der Waals surface area contributed by atoms with E-state index in [9.17, 15) is 4.79 Å².